The van der Waals surface area contributed by atoms with Gasteiger partial charge in [0.1, 0.15) is 11.5 Å². The number of carbonyl (C=O) groups excluding carboxylic acids is 2. The smallest absolute Gasteiger partial charge is 0.295 e. The molecule has 0 spiro atoms. The number of Topliss-reactive ketones (excluding diaryl/α,β-unsaturated/α-hetero) is 1. The van der Waals surface area contributed by atoms with Crippen molar-refractivity contribution in [3.05, 3.63) is 69.7 Å². The first-order valence-electron chi connectivity index (χ1n) is 9.34. The first-order valence-corrected chi connectivity index (χ1v) is 10.1. The van der Waals surface area contributed by atoms with Crippen LogP contribution in [0.15, 0.2) is 58.6 Å². The third-order valence-corrected chi connectivity index (χ3v) is 5.33. The highest BCUT2D eigenvalue weighted by Gasteiger charge is 2.45. The van der Waals surface area contributed by atoms with Crippen LogP contribution in [0.1, 0.15) is 17.2 Å². The van der Waals surface area contributed by atoms with Gasteiger partial charge in [-0.25, -0.2) is 0 Å². The summed E-state index contributed by atoms with van der Waals surface area (Å²) in [5, 5.41) is 19.8. The van der Waals surface area contributed by atoms with Gasteiger partial charge in [0.2, 0.25) is 0 Å². The van der Waals surface area contributed by atoms with Crippen LogP contribution in [0.4, 0.5) is 0 Å². The maximum absolute atomic E-state index is 12.9. The highest BCUT2D eigenvalue weighted by Crippen LogP contribution is 2.39. The van der Waals surface area contributed by atoms with E-state index in [0.29, 0.717) is 16.9 Å². The van der Waals surface area contributed by atoms with Gasteiger partial charge in [0, 0.05) is 16.6 Å². The number of nitrogens with zero attached hydrogens (tertiary/aromatic N) is 1. The molecule has 2 aromatic carbocycles. The number of hydrogen-bond donors (Lipinski definition) is 2. The number of benzene rings is 2. The van der Waals surface area contributed by atoms with Crippen molar-refractivity contribution in [1.29, 1.82) is 0 Å². The van der Waals surface area contributed by atoms with Crippen molar-refractivity contribution in [3.63, 3.8) is 0 Å². The summed E-state index contributed by atoms with van der Waals surface area (Å²) in [4.78, 5) is 27.0. The van der Waals surface area contributed by atoms with Crippen LogP contribution in [-0.2, 0) is 14.3 Å². The highest BCUT2D eigenvalue weighted by molar-refractivity contribution is 9.10. The second kappa shape index (κ2) is 9.88. The average molecular weight is 476 g/mol. The number of hydrogen-bond acceptors (Lipinski definition) is 6. The molecule has 7 nitrogen and oxygen atoms in total. The first-order chi connectivity index (χ1) is 14.5. The first kappa shape index (κ1) is 22.0. The monoisotopic (exact) mass is 475 g/mol. The summed E-state index contributed by atoms with van der Waals surface area (Å²) in [7, 11) is 1.53. The zero-order chi connectivity index (χ0) is 21.7. The highest BCUT2D eigenvalue weighted by atomic mass is 79.9. The lowest BCUT2D eigenvalue weighted by molar-refractivity contribution is -0.140. The number of halogens is 1. The van der Waals surface area contributed by atoms with Crippen LogP contribution >= 0.6 is 15.9 Å². The van der Waals surface area contributed by atoms with E-state index < -0.39 is 17.7 Å². The maximum atomic E-state index is 12.9. The molecule has 158 valence electrons. The van der Waals surface area contributed by atoms with Gasteiger partial charge < -0.3 is 24.6 Å². The molecule has 0 bridgehead atoms. The minimum Gasteiger partial charge on any atom is -0.507 e. The second-order valence-electron chi connectivity index (χ2n) is 6.61. The second-order valence-corrected chi connectivity index (χ2v) is 7.52. The molecule has 2 N–H and O–H groups in total. The van der Waals surface area contributed by atoms with Gasteiger partial charge in [-0.3, -0.25) is 9.59 Å². The molecule has 1 unspecified atom stereocenters. The molecule has 1 heterocycles. The molecule has 1 saturated heterocycles. The zero-order valence-corrected chi connectivity index (χ0v) is 18.0. The Morgan fingerprint density at radius 2 is 1.73 bits per heavy atom. The molecule has 1 aliphatic heterocycles. The third kappa shape index (κ3) is 4.56. The summed E-state index contributed by atoms with van der Waals surface area (Å²) in [6.45, 7) is 0.305. The Kier molecular flexibility index (Phi) is 7.25. The lowest BCUT2D eigenvalue weighted by Crippen LogP contribution is -2.33. The van der Waals surface area contributed by atoms with E-state index in [1.807, 2.05) is 12.1 Å². The van der Waals surface area contributed by atoms with Crippen molar-refractivity contribution in [2.75, 3.05) is 33.5 Å². The summed E-state index contributed by atoms with van der Waals surface area (Å²) in [6.07, 6.45) is 0. The van der Waals surface area contributed by atoms with Crippen molar-refractivity contribution in [2.45, 2.75) is 6.04 Å². The van der Waals surface area contributed by atoms with E-state index in [4.69, 9.17) is 14.6 Å². The summed E-state index contributed by atoms with van der Waals surface area (Å²) < 4.78 is 11.3. The number of rotatable bonds is 8. The number of ketones is 1. The van der Waals surface area contributed by atoms with E-state index in [1.54, 1.807) is 36.4 Å². The van der Waals surface area contributed by atoms with Crippen molar-refractivity contribution in [1.82, 2.24) is 4.90 Å². The van der Waals surface area contributed by atoms with Crippen LogP contribution in [-0.4, -0.2) is 60.3 Å². The van der Waals surface area contributed by atoms with E-state index in [9.17, 15) is 14.7 Å². The largest absolute Gasteiger partial charge is 0.507 e. The van der Waals surface area contributed by atoms with Gasteiger partial charge in [-0.15, -0.1) is 0 Å². The molecule has 3 rings (SSSR count). The number of carbonyl (C=O) groups is 2. The van der Waals surface area contributed by atoms with Crippen LogP contribution in [0.2, 0.25) is 0 Å². The molecule has 2 aromatic rings. The van der Waals surface area contributed by atoms with Gasteiger partial charge in [0.15, 0.2) is 0 Å². The topological polar surface area (TPSA) is 96.3 Å². The van der Waals surface area contributed by atoms with Crippen molar-refractivity contribution < 1.29 is 29.3 Å². The summed E-state index contributed by atoms with van der Waals surface area (Å²) in [5.74, 6) is -1.09. The summed E-state index contributed by atoms with van der Waals surface area (Å²) in [5.41, 5.74) is 1.12. The van der Waals surface area contributed by atoms with Crippen molar-refractivity contribution in [3.8, 4) is 5.75 Å². The molecule has 1 fully saturated rings. The van der Waals surface area contributed by atoms with Crippen LogP contribution in [0.5, 0.6) is 5.75 Å². The van der Waals surface area contributed by atoms with Crippen LogP contribution < -0.4 is 4.74 Å². The molecule has 0 radical (unpaired) electrons. The van der Waals surface area contributed by atoms with Crippen LogP contribution in [0.25, 0.3) is 5.76 Å². The number of amides is 1. The van der Waals surface area contributed by atoms with E-state index >= 15 is 0 Å². The standard InChI is InChI=1S/C22H22BrNO6/c1-29-17-8-4-15(5-9-17)20(26)18-19(14-2-6-16(23)7-3-14)24(22(28)21(18)27)10-12-30-13-11-25/h2-9,19,25-26H,10-13H2,1H3/b20-18+. The Labute approximate surface area is 182 Å². The minimum absolute atomic E-state index is 0.0228. The predicted molar refractivity (Wildman–Crippen MR) is 114 cm³/mol. The number of methoxy groups -OCH3 is 1. The Morgan fingerprint density at radius 3 is 2.33 bits per heavy atom. The normalized spacial score (nSPS) is 18.1. The van der Waals surface area contributed by atoms with E-state index in [2.05, 4.69) is 15.9 Å². The molecule has 1 aliphatic rings. The predicted octanol–water partition coefficient (Wildman–Crippen LogP) is 2.89. The van der Waals surface area contributed by atoms with E-state index in [0.717, 1.165) is 4.47 Å². The van der Waals surface area contributed by atoms with Crippen LogP contribution in [0.3, 0.4) is 0 Å². The molecule has 0 saturated carbocycles. The number of ether oxygens (including phenoxy) is 2. The quantitative estimate of drug-likeness (QED) is 0.263. The number of aliphatic hydroxyl groups is 2. The SMILES string of the molecule is COc1ccc(/C(O)=C2\C(=O)C(=O)N(CCOCCO)C2c2ccc(Br)cc2)cc1. The molecule has 1 amide bonds. The molecular formula is C22H22BrNO6. The van der Waals surface area contributed by atoms with Gasteiger partial charge in [0.25, 0.3) is 11.7 Å². The molecular weight excluding hydrogens is 454 g/mol. The fourth-order valence-electron chi connectivity index (χ4n) is 3.34. The number of aliphatic hydroxyl groups excluding tert-OH is 2. The molecule has 0 aliphatic carbocycles. The van der Waals surface area contributed by atoms with Gasteiger partial charge in [-0.05, 0) is 42.0 Å². The minimum atomic E-state index is -0.752. The zero-order valence-electron chi connectivity index (χ0n) is 16.4. The Balaban J connectivity index is 2.04. The fraction of sp³-hybridized carbons (Fsp3) is 0.273. The fourth-order valence-corrected chi connectivity index (χ4v) is 3.60. The van der Waals surface area contributed by atoms with Crippen molar-refractivity contribution >= 4 is 33.4 Å². The summed E-state index contributed by atoms with van der Waals surface area (Å²) in [6, 6.07) is 13.1. The third-order valence-electron chi connectivity index (χ3n) is 4.80. The molecule has 1 atom stereocenters. The average Bonchev–Trinajstić information content (AvgIpc) is 3.01. The lowest BCUT2D eigenvalue weighted by atomic mass is 9.95. The van der Waals surface area contributed by atoms with Gasteiger partial charge in [-0.1, -0.05) is 28.1 Å². The van der Waals surface area contributed by atoms with Gasteiger partial charge in [-0.2, -0.15) is 0 Å². The van der Waals surface area contributed by atoms with Gasteiger partial charge in [0.05, 0.1) is 38.5 Å². The Morgan fingerprint density at radius 1 is 1.07 bits per heavy atom. The Bertz CT molecular complexity index is 939. The maximum Gasteiger partial charge on any atom is 0.295 e. The molecule has 8 heteroatoms. The van der Waals surface area contributed by atoms with Crippen LogP contribution in [0, 0.1) is 0 Å². The lowest BCUT2D eigenvalue weighted by Gasteiger charge is -2.25. The Hall–Kier alpha value is -2.68. The van der Waals surface area contributed by atoms with Gasteiger partial charge >= 0.3 is 0 Å². The van der Waals surface area contributed by atoms with E-state index in [-0.39, 0.29) is 37.7 Å². The molecule has 30 heavy (non-hydrogen) atoms. The number of likely N-dealkylation sites (tertiary alicyclic amines) is 1. The van der Waals surface area contributed by atoms with Crippen molar-refractivity contribution in [2.24, 2.45) is 0 Å². The summed E-state index contributed by atoms with van der Waals surface area (Å²) >= 11 is 3.38. The van der Waals surface area contributed by atoms with E-state index in [1.165, 1.54) is 12.0 Å². The molecule has 0 aromatic heterocycles.